The molecule has 3 atom stereocenters. The molecule has 2 aliphatic rings. The van der Waals surface area contributed by atoms with Gasteiger partial charge in [0.2, 0.25) is 6.41 Å². The van der Waals surface area contributed by atoms with E-state index in [1.807, 2.05) is 6.92 Å². The smallest absolute Gasteiger partial charge is 0.327 e. The van der Waals surface area contributed by atoms with Crippen LogP contribution in [-0.4, -0.2) is 45.0 Å². The first-order valence-corrected chi connectivity index (χ1v) is 10.7. The molecule has 33 heavy (non-hydrogen) atoms. The van der Waals surface area contributed by atoms with Crippen molar-refractivity contribution in [2.45, 2.75) is 37.9 Å². The zero-order valence-corrected chi connectivity index (χ0v) is 17.7. The van der Waals surface area contributed by atoms with E-state index < -0.39 is 35.3 Å². The number of amides is 3. The van der Waals surface area contributed by atoms with Gasteiger partial charge in [0.25, 0.3) is 5.56 Å². The quantitative estimate of drug-likeness (QED) is 0.592. The van der Waals surface area contributed by atoms with Crippen LogP contribution in [-0.2, 0) is 4.79 Å². The van der Waals surface area contributed by atoms with Gasteiger partial charge in [-0.1, -0.05) is 12.1 Å². The Labute approximate surface area is 187 Å². The van der Waals surface area contributed by atoms with Gasteiger partial charge < -0.3 is 10.2 Å². The van der Waals surface area contributed by atoms with Gasteiger partial charge in [0.05, 0.1) is 17.1 Å². The molecule has 2 N–H and O–H groups in total. The number of aromatic nitrogens is 2. The number of anilines is 1. The Bertz CT molecular complexity index is 1310. The third-order valence-corrected chi connectivity index (χ3v) is 6.45. The molecule has 1 fully saturated rings. The number of hydrogen-bond acceptors (Lipinski definition) is 5. The molecule has 3 heterocycles. The highest BCUT2D eigenvalue weighted by Gasteiger charge is 2.42. The zero-order chi connectivity index (χ0) is 23.3. The Morgan fingerprint density at radius 3 is 2.64 bits per heavy atom. The van der Waals surface area contributed by atoms with Gasteiger partial charge in [0.15, 0.2) is 0 Å². The van der Waals surface area contributed by atoms with Crippen LogP contribution in [0.5, 0.6) is 0 Å². The van der Waals surface area contributed by atoms with E-state index in [2.05, 4.69) is 15.5 Å². The predicted octanol–water partition coefficient (Wildman–Crippen LogP) is 3.47. The van der Waals surface area contributed by atoms with Crippen molar-refractivity contribution in [1.82, 2.24) is 20.0 Å². The lowest BCUT2D eigenvalue weighted by atomic mass is 9.88. The number of rotatable bonds is 3. The van der Waals surface area contributed by atoms with Crippen LogP contribution in [0.4, 0.5) is 19.3 Å². The molecule has 3 unspecified atom stereocenters. The van der Waals surface area contributed by atoms with E-state index in [4.69, 9.17) is 0 Å². The highest BCUT2D eigenvalue weighted by molar-refractivity contribution is 5.98. The van der Waals surface area contributed by atoms with Crippen LogP contribution in [0, 0.1) is 11.6 Å². The first-order valence-electron chi connectivity index (χ1n) is 10.7. The van der Waals surface area contributed by atoms with E-state index in [1.54, 1.807) is 4.90 Å². The number of H-pyrrole nitrogens is 1. The molecule has 8 nitrogen and oxygen atoms in total. The van der Waals surface area contributed by atoms with E-state index in [0.29, 0.717) is 29.6 Å². The average Bonchev–Trinajstić information content (AvgIpc) is 3.23. The Morgan fingerprint density at radius 2 is 1.97 bits per heavy atom. The van der Waals surface area contributed by atoms with E-state index in [0.717, 1.165) is 23.8 Å². The van der Waals surface area contributed by atoms with E-state index in [9.17, 15) is 23.2 Å². The molecule has 2 aromatic carbocycles. The number of likely N-dealkylation sites (tertiary alicyclic amines) is 1. The van der Waals surface area contributed by atoms with Crippen molar-refractivity contribution in [1.29, 1.82) is 0 Å². The van der Waals surface area contributed by atoms with Crippen molar-refractivity contribution in [2.75, 3.05) is 11.9 Å². The summed E-state index contributed by atoms with van der Waals surface area (Å²) in [7, 11) is 0. The lowest BCUT2D eigenvalue weighted by Gasteiger charge is -2.40. The normalized spacial score (nSPS) is 21.7. The molecular formula is C23H21F2N5O3. The SMILES string of the molecule is CC1CCCN1C(=O)N(C=O)C1c2n[nH]c(=O)c3cc(F)cc(c23)NC1c1ccc(F)cc1. The largest absolute Gasteiger partial charge is 0.375 e. The van der Waals surface area contributed by atoms with Gasteiger partial charge in [-0.15, -0.1) is 0 Å². The van der Waals surface area contributed by atoms with Crippen LogP contribution >= 0.6 is 0 Å². The van der Waals surface area contributed by atoms with Gasteiger partial charge in [0.1, 0.15) is 17.7 Å². The predicted molar refractivity (Wildman–Crippen MR) is 117 cm³/mol. The Morgan fingerprint density at radius 1 is 1.21 bits per heavy atom. The standard InChI is InChI=1S/C23H21F2N5O3/c1-12-3-2-8-29(12)23(33)30(11-31)21-19(13-4-6-14(24)7-5-13)26-17-10-15(25)9-16-18(17)20(21)27-28-22(16)32/h4-7,9-12,19,21,26H,2-3,8H2,1H3,(H,28,32). The first-order chi connectivity index (χ1) is 15.9. The fourth-order valence-corrected chi connectivity index (χ4v) is 4.84. The molecule has 3 aromatic rings. The number of urea groups is 1. The third kappa shape index (κ3) is 3.42. The molecule has 0 saturated carbocycles. The Balaban J connectivity index is 1.72. The summed E-state index contributed by atoms with van der Waals surface area (Å²) < 4.78 is 27.9. The van der Waals surface area contributed by atoms with Crippen LogP contribution in [0.1, 0.15) is 43.1 Å². The highest BCUT2D eigenvalue weighted by atomic mass is 19.1. The summed E-state index contributed by atoms with van der Waals surface area (Å²) in [5.74, 6) is -1.07. The van der Waals surface area contributed by atoms with E-state index in [-0.39, 0.29) is 17.1 Å². The average molecular weight is 453 g/mol. The van der Waals surface area contributed by atoms with Crippen LogP contribution in [0.2, 0.25) is 0 Å². The van der Waals surface area contributed by atoms with Crippen molar-refractivity contribution in [3.63, 3.8) is 0 Å². The monoisotopic (exact) mass is 453 g/mol. The zero-order valence-electron chi connectivity index (χ0n) is 17.7. The summed E-state index contributed by atoms with van der Waals surface area (Å²) in [5, 5.41) is 10.1. The Kier molecular flexibility index (Phi) is 5.07. The summed E-state index contributed by atoms with van der Waals surface area (Å²) in [6.45, 7) is 2.43. The second-order valence-electron chi connectivity index (χ2n) is 8.41. The van der Waals surface area contributed by atoms with Gasteiger partial charge in [-0.2, -0.15) is 5.10 Å². The maximum atomic E-state index is 14.3. The fraction of sp³-hybridized carbons (Fsp3) is 0.304. The molecule has 0 aliphatic carbocycles. The van der Waals surface area contributed by atoms with Gasteiger partial charge in [-0.3, -0.25) is 14.5 Å². The molecule has 1 aromatic heterocycles. The number of hydrogen-bond donors (Lipinski definition) is 2. The number of carbonyl (C=O) groups excluding carboxylic acids is 2. The van der Waals surface area contributed by atoms with Crippen molar-refractivity contribution in [3.05, 3.63) is 69.6 Å². The van der Waals surface area contributed by atoms with Crippen LogP contribution in [0.15, 0.2) is 41.2 Å². The van der Waals surface area contributed by atoms with Gasteiger partial charge in [-0.25, -0.2) is 18.7 Å². The van der Waals surface area contributed by atoms with Gasteiger partial charge >= 0.3 is 6.03 Å². The molecule has 0 bridgehead atoms. The van der Waals surface area contributed by atoms with Crippen molar-refractivity contribution >= 4 is 28.9 Å². The maximum Gasteiger partial charge on any atom is 0.327 e. The lowest BCUT2D eigenvalue weighted by Crippen LogP contribution is -2.49. The van der Waals surface area contributed by atoms with Crippen molar-refractivity contribution < 1.29 is 18.4 Å². The summed E-state index contributed by atoms with van der Waals surface area (Å²) in [6, 6.07) is 5.66. The minimum Gasteiger partial charge on any atom is -0.375 e. The third-order valence-electron chi connectivity index (χ3n) is 6.45. The molecular weight excluding hydrogens is 432 g/mol. The van der Waals surface area contributed by atoms with E-state index >= 15 is 0 Å². The number of imide groups is 1. The highest BCUT2D eigenvalue weighted by Crippen LogP contribution is 2.45. The number of nitrogens with zero attached hydrogens (tertiary/aromatic N) is 3. The van der Waals surface area contributed by atoms with Crippen LogP contribution in [0.3, 0.4) is 0 Å². The molecule has 2 aliphatic heterocycles. The second-order valence-corrected chi connectivity index (χ2v) is 8.41. The molecule has 1 saturated heterocycles. The number of halogens is 2. The lowest BCUT2D eigenvalue weighted by molar-refractivity contribution is -0.118. The maximum absolute atomic E-state index is 14.3. The molecule has 5 rings (SSSR count). The van der Waals surface area contributed by atoms with Crippen molar-refractivity contribution in [2.24, 2.45) is 0 Å². The summed E-state index contributed by atoms with van der Waals surface area (Å²) in [5.41, 5.74) is 0.524. The fourth-order valence-electron chi connectivity index (χ4n) is 4.84. The van der Waals surface area contributed by atoms with Crippen LogP contribution < -0.4 is 10.9 Å². The minimum atomic E-state index is -0.967. The number of benzene rings is 2. The molecule has 0 radical (unpaired) electrons. The van der Waals surface area contributed by atoms with Gasteiger partial charge in [0, 0.05) is 23.7 Å². The number of nitrogens with one attached hydrogen (secondary N) is 2. The second kappa shape index (κ2) is 7.95. The molecule has 3 amide bonds. The molecule has 10 heteroatoms. The number of carbonyl (C=O) groups is 2. The summed E-state index contributed by atoms with van der Waals surface area (Å²) >= 11 is 0. The van der Waals surface area contributed by atoms with Crippen LogP contribution in [0.25, 0.3) is 10.8 Å². The summed E-state index contributed by atoms with van der Waals surface area (Å²) in [4.78, 5) is 40.8. The number of aromatic amines is 1. The van der Waals surface area contributed by atoms with Gasteiger partial charge in [-0.05, 0) is 49.6 Å². The van der Waals surface area contributed by atoms with E-state index in [1.165, 1.54) is 30.3 Å². The Hall–Kier alpha value is -3.82. The molecule has 170 valence electrons. The minimum absolute atomic E-state index is 0.0364. The molecule has 0 spiro atoms. The summed E-state index contributed by atoms with van der Waals surface area (Å²) in [6.07, 6.45) is 2.10. The topological polar surface area (TPSA) is 98.4 Å². The van der Waals surface area contributed by atoms with Crippen molar-refractivity contribution in [3.8, 4) is 0 Å². The first kappa shape index (κ1) is 21.0.